The SMILES string of the molecule is COc1ccc2c(OCC(=O)[C@](N)(CCCN=C(N)N)C(=O)O)cccc2c1. The van der Waals surface area contributed by atoms with E-state index in [0.717, 1.165) is 10.8 Å². The lowest BCUT2D eigenvalue weighted by Crippen LogP contribution is -2.56. The fourth-order valence-electron chi connectivity index (χ4n) is 2.69. The van der Waals surface area contributed by atoms with Gasteiger partial charge in [-0.05, 0) is 42.5 Å². The summed E-state index contributed by atoms with van der Waals surface area (Å²) in [4.78, 5) is 27.9. The number of hydrogen-bond donors (Lipinski definition) is 4. The number of Topliss-reactive ketones (excluding diaryl/α,β-unsaturated/α-hetero) is 1. The van der Waals surface area contributed by atoms with Gasteiger partial charge in [0.05, 0.1) is 7.11 Å². The summed E-state index contributed by atoms with van der Waals surface area (Å²) in [7, 11) is 1.57. The molecule has 0 saturated heterocycles. The fraction of sp³-hybridized carbons (Fsp3) is 0.316. The summed E-state index contributed by atoms with van der Waals surface area (Å²) >= 11 is 0. The normalized spacial score (nSPS) is 12.8. The Bertz CT molecular complexity index is 895. The number of carbonyl (C=O) groups excluding carboxylic acids is 1. The molecular formula is C19H24N4O5. The van der Waals surface area contributed by atoms with Crippen molar-refractivity contribution in [3.05, 3.63) is 36.4 Å². The summed E-state index contributed by atoms with van der Waals surface area (Å²) in [5, 5.41) is 11.1. The molecule has 2 rings (SSSR count). The van der Waals surface area contributed by atoms with E-state index in [9.17, 15) is 14.7 Å². The molecule has 0 unspecified atom stereocenters. The van der Waals surface area contributed by atoms with Crippen molar-refractivity contribution in [3.8, 4) is 11.5 Å². The van der Waals surface area contributed by atoms with Crippen LogP contribution in [-0.2, 0) is 9.59 Å². The van der Waals surface area contributed by atoms with E-state index in [1.54, 1.807) is 31.4 Å². The standard InChI is InChI=1S/C19H24N4O5/c1-27-13-6-7-14-12(10-13)4-2-5-15(14)28-11-16(24)19(22,17(25)26)8-3-9-23-18(20)21/h2,4-7,10H,3,8-9,11,22H2,1H3,(H,25,26)(H4,20,21,23)/t19-/m1/s1. The minimum atomic E-state index is -2.08. The highest BCUT2D eigenvalue weighted by Crippen LogP contribution is 2.29. The second-order valence-corrected chi connectivity index (χ2v) is 6.24. The van der Waals surface area contributed by atoms with Crippen LogP contribution >= 0.6 is 0 Å². The first kappa shape index (κ1) is 21.0. The number of rotatable bonds is 10. The van der Waals surface area contributed by atoms with E-state index in [4.69, 9.17) is 26.7 Å². The Balaban J connectivity index is 2.11. The Morgan fingerprint density at radius 3 is 2.61 bits per heavy atom. The van der Waals surface area contributed by atoms with Gasteiger partial charge >= 0.3 is 5.97 Å². The zero-order chi connectivity index (χ0) is 20.7. The lowest BCUT2D eigenvalue weighted by atomic mass is 9.90. The molecule has 0 saturated carbocycles. The molecule has 7 N–H and O–H groups in total. The number of fused-ring (bicyclic) bond motifs is 1. The molecule has 0 amide bonds. The van der Waals surface area contributed by atoms with Crippen molar-refractivity contribution in [2.45, 2.75) is 18.4 Å². The van der Waals surface area contributed by atoms with Crippen LogP contribution in [0.25, 0.3) is 10.8 Å². The third-order valence-electron chi connectivity index (χ3n) is 4.31. The van der Waals surface area contributed by atoms with Gasteiger partial charge < -0.3 is 31.8 Å². The number of guanidine groups is 1. The molecule has 0 bridgehead atoms. The third kappa shape index (κ3) is 4.89. The van der Waals surface area contributed by atoms with Crippen LogP contribution in [0.5, 0.6) is 11.5 Å². The predicted octanol–water partition coefficient (Wildman–Crippen LogP) is 0.632. The number of ketones is 1. The van der Waals surface area contributed by atoms with Gasteiger partial charge in [0, 0.05) is 11.9 Å². The van der Waals surface area contributed by atoms with Gasteiger partial charge in [0.2, 0.25) is 5.78 Å². The van der Waals surface area contributed by atoms with E-state index in [1.807, 2.05) is 12.1 Å². The number of carboxylic acids is 1. The molecule has 2 aromatic carbocycles. The molecule has 0 aliphatic carbocycles. The van der Waals surface area contributed by atoms with Crippen molar-refractivity contribution in [3.63, 3.8) is 0 Å². The molecule has 2 aromatic rings. The predicted molar refractivity (Wildman–Crippen MR) is 105 cm³/mol. The molecule has 0 spiro atoms. The number of carboxylic acid groups (broad SMARTS) is 1. The highest BCUT2D eigenvalue weighted by molar-refractivity contribution is 6.08. The molecular weight excluding hydrogens is 364 g/mol. The zero-order valence-electron chi connectivity index (χ0n) is 15.6. The molecule has 9 heteroatoms. The van der Waals surface area contributed by atoms with Crippen LogP contribution in [0.1, 0.15) is 12.8 Å². The number of nitrogens with zero attached hydrogens (tertiary/aromatic N) is 1. The largest absolute Gasteiger partial charge is 0.497 e. The van der Waals surface area contributed by atoms with E-state index in [-0.39, 0.29) is 25.3 Å². The number of carbonyl (C=O) groups is 2. The van der Waals surface area contributed by atoms with Crippen molar-refractivity contribution in [2.75, 3.05) is 20.3 Å². The summed E-state index contributed by atoms with van der Waals surface area (Å²) in [5.74, 6) is -1.14. The summed E-state index contributed by atoms with van der Waals surface area (Å²) in [5.41, 5.74) is 14.2. The lowest BCUT2D eigenvalue weighted by molar-refractivity contribution is -0.149. The lowest BCUT2D eigenvalue weighted by Gasteiger charge is -2.23. The molecule has 0 aromatic heterocycles. The average molecular weight is 388 g/mol. The molecule has 0 aliphatic rings. The first-order valence-corrected chi connectivity index (χ1v) is 8.58. The van der Waals surface area contributed by atoms with E-state index in [0.29, 0.717) is 11.5 Å². The van der Waals surface area contributed by atoms with E-state index in [2.05, 4.69) is 4.99 Å². The Morgan fingerprint density at radius 1 is 1.21 bits per heavy atom. The van der Waals surface area contributed by atoms with Crippen LogP contribution in [0, 0.1) is 0 Å². The molecule has 0 radical (unpaired) electrons. The molecule has 9 nitrogen and oxygen atoms in total. The van der Waals surface area contributed by atoms with Crippen LogP contribution in [0.15, 0.2) is 41.4 Å². The first-order valence-electron chi connectivity index (χ1n) is 8.58. The van der Waals surface area contributed by atoms with Crippen molar-refractivity contribution in [1.82, 2.24) is 0 Å². The first-order chi connectivity index (χ1) is 13.3. The maximum atomic E-state index is 12.5. The Hall–Kier alpha value is -3.33. The van der Waals surface area contributed by atoms with Crippen LogP contribution < -0.4 is 26.7 Å². The van der Waals surface area contributed by atoms with Gasteiger partial charge in [0.15, 0.2) is 11.5 Å². The number of aliphatic carboxylic acids is 1. The van der Waals surface area contributed by atoms with E-state index >= 15 is 0 Å². The second-order valence-electron chi connectivity index (χ2n) is 6.24. The number of benzene rings is 2. The highest BCUT2D eigenvalue weighted by Gasteiger charge is 2.41. The fourth-order valence-corrected chi connectivity index (χ4v) is 2.69. The molecule has 0 heterocycles. The second kappa shape index (κ2) is 9.05. The van der Waals surface area contributed by atoms with Crippen LogP contribution in [-0.4, -0.2) is 48.6 Å². The average Bonchev–Trinajstić information content (AvgIpc) is 2.68. The van der Waals surface area contributed by atoms with Crippen molar-refractivity contribution >= 4 is 28.5 Å². The van der Waals surface area contributed by atoms with Crippen LogP contribution in [0.3, 0.4) is 0 Å². The van der Waals surface area contributed by atoms with Gasteiger partial charge in [-0.25, -0.2) is 4.79 Å². The maximum Gasteiger partial charge on any atom is 0.331 e. The van der Waals surface area contributed by atoms with Gasteiger partial charge in [-0.3, -0.25) is 9.79 Å². The summed E-state index contributed by atoms with van der Waals surface area (Å²) in [6.45, 7) is -0.301. The highest BCUT2D eigenvalue weighted by atomic mass is 16.5. The van der Waals surface area contributed by atoms with Crippen molar-refractivity contribution < 1.29 is 24.2 Å². The quantitative estimate of drug-likeness (QED) is 0.199. The topological polar surface area (TPSA) is 163 Å². The van der Waals surface area contributed by atoms with Crippen molar-refractivity contribution in [1.29, 1.82) is 0 Å². The van der Waals surface area contributed by atoms with E-state index in [1.165, 1.54) is 0 Å². The van der Waals surface area contributed by atoms with Gasteiger partial charge in [-0.15, -0.1) is 0 Å². The zero-order valence-corrected chi connectivity index (χ0v) is 15.6. The van der Waals surface area contributed by atoms with Crippen molar-refractivity contribution in [2.24, 2.45) is 22.2 Å². The molecule has 1 atom stereocenters. The Labute approximate surface area is 162 Å². The Kier molecular flexibility index (Phi) is 6.78. The number of nitrogens with two attached hydrogens (primary N) is 3. The minimum absolute atomic E-state index is 0.111. The number of hydrogen-bond acceptors (Lipinski definition) is 6. The monoisotopic (exact) mass is 388 g/mol. The van der Waals surface area contributed by atoms with Crippen LogP contribution in [0.2, 0.25) is 0 Å². The number of aliphatic imine (C=N–C) groups is 1. The van der Waals surface area contributed by atoms with Gasteiger partial charge in [0.25, 0.3) is 0 Å². The van der Waals surface area contributed by atoms with Crippen LogP contribution in [0.4, 0.5) is 0 Å². The molecule has 28 heavy (non-hydrogen) atoms. The maximum absolute atomic E-state index is 12.5. The van der Waals surface area contributed by atoms with Gasteiger partial charge in [-0.2, -0.15) is 0 Å². The molecule has 0 fully saturated rings. The minimum Gasteiger partial charge on any atom is -0.497 e. The van der Waals surface area contributed by atoms with E-state index < -0.39 is 23.9 Å². The van der Waals surface area contributed by atoms with Gasteiger partial charge in [-0.1, -0.05) is 12.1 Å². The van der Waals surface area contributed by atoms with Gasteiger partial charge in [0.1, 0.15) is 18.1 Å². The summed E-state index contributed by atoms with van der Waals surface area (Å²) < 4.78 is 10.8. The molecule has 150 valence electrons. The summed E-state index contributed by atoms with van der Waals surface area (Å²) in [6, 6.07) is 10.7. The molecule has 0 aliphatic heterocycles. The smallest absolute Gasteiger partial charge is 0.331 e. The third-order valence-corrected chi connectivity index (χ3v) is 4.31. The Morgan fingerprint density at radius 2 is 1.96 bits per heavy atom. The number of ether oxygens (including phenoxy) is 2. The summed E-state index contributed by atoms with van der Waals surface area (Å²) in [6.07, 6.45) is 0.120. The number of methoxy groups -OCH3 is 1.